The molecule has 1 aromatic heterocycles. The van der Waals surface area contributed by atoms with Crippen LogP contribution in [0.4, 0.5) is 0 Å². The van der Waals surface area contributed by atoms with Crippen LogP contribution in [-0.2, 0) is 0 Å². The third-order valence-electron chi connectivity index (χ3n) is 0.406. The molecule has 12 heavy (non-hydrogen) atoms. The van der Waals surface area contributed by atoms with Crippen molar-refractivity contribution in [2.24, 2.45) is 0 Å². The molecule has 0 saturated heterocycles. The van der Waals surface area contributed by atoms with E-state index in [1.165, 1.54) is 0 Å². The van der Waals surface area contributed by atoms with Gasteiger partial charge in [-0.05, 0) is 6.07 Å². The largest absolute Gasteiger partial charge is 1.00 e. The molecule has 0 atom stereocenters. The Bertz CT molecular complexity index is 110. The average Bonchev–Trinajstić information content (AvgIpc) is 2.11. The van der Waals surface area contributed by atoms with Crippen molar-refractivity contribution in [3.63, 3.8) is 0 Å². The summed E-state index contributed by atoms with van der Waals surface area (Å²) in [5.41, 5.74) is 0. The molecule has 9 heteroatoms. The van der Waals surface area contributed by atoms with E-state index >= 15 is 0 Å². The van der Waals surface area contributed by atoms with Gasteiger partial charge in [0.15, 0.2) is 0 Å². The predicted molar refractivity (Wildman–Crippen MR) is 24.3 cm³/mol. The minimum absolute atomic E-state index is 0. The summed E-state index contributed by atoms with van der Waals surface area (Å²) in [5.74, 6) is 0. The maximum atomic E-state index is 8.42. The first-order chi connectivity index (χ1) is 4.23. The minimum atomic E-state index is -2.92. The summed E-state index contributed by atoms with van der Waals surface area (Å²) in [6.45, 7) is 0. The van der Waals surface area contributed by atoms with E-state index in [9.17, 15) is 0 Å². The molecule has 1 N–H and O–H groups in total. The van der Waals surface area contributed by atoms with Gasteiger partial charge < -0.3 is 15.1 Å². The zero-order valence-corrected chi connectivity index (χ0v) is 16.9. The van der Waals surface area contributed by atoms with Crippen LogP contribution in [0.3, 0.4) is 0 Å². The van der Waals surface area contributed by atoms with Gasteiger partial charge in [0, 0.05) is 12.4 Å². The maximum Gasteiger partial charge on any atom is 1.00 e. The Morgan fingerprint density at radius 2 is 1.50 bits per heavy atom. The Balaban J connectivity index is -0.0000000436. The smallest absolute Gasteiger partial charge is 0.907 e. The van der Waals surface area contributed by atoms with Crippen LogP contribution in [0.25, 0.3) is 0 Å². The number of hydrogen-bond donors (Lipinski definition) is 1. The summed E-state index contributed by atoms with van der Waals surface area (Å²) >= 11 is 0. The van der Waals surface area contributed by atoms with Crippen molar-refractivity contribution >= 4 is 7.32 Å². The predicted octanol–water partition coefficient (Wildman–Crippen LogP) is -12.5. The molecule has 0 aliphatic heterocycles. The van der Waals surface area contributed by atoms with Gasteiger partial charge in [-0.15, -0.1) is 0 Å². The number of aromatic nitrogens is 2. The van der Waals surface area contributed by atoms with Crippen LogP contribution in [0.1, 0.15) is 0 Å². The number of nitrogens with one attached hydrogen (secondary N) is 1. The molecule has 0 amide bonds. The van der Waals surface area contributed by atoms with Crippen LogP contribution in [0.2, 0.25) is 0 Å². The third kappa shape index (κ3) is 29.2. The van der Waals surface area contributed by atoms with Crippen molar-refractivity contribution in [1.29, 1.82) is 0 Å². The molecular weight excluding hydrogens is 240 g/mol. The standard InChI is InChI=1S/C3H4N2.BO3.3K/c1-2-4-5-3-1;2-1(3)4;;;/h1-3H,(H,4,5);;;;/q;-3;3*+1. The molecule has 0 aromatic carbocycles. The second-order valence-corrected chi connectivity index (χ2v) is 1.06. The molecule has 1 aromatic rings. The molecule has 0 saturated carbocycles. The number of rotatable bonds is 0. The number of nitrogens with zero attached hydrogens (tertiary/aromatic N) is 1. The second-order valence-electron chi connectivity index (χ2n) is 1.06. The van der Waals surface area contributed by atoms with Crippen LogP contribution in [0, 0.1) is 0 Å². The fourth-order valence-electron chi connectivity index (χ4n) is 0.215. The summed E-state index contributed by atoms with van der Waals surface area (Å²) in [4.78, 5) is 0. The molecule has 0 spiro atoms. The molecule has 5 nitrogen and oxygen atoms in total. The van der Waals surface area contributed by atoms with Crippen molar-refractivity contribution in [3.8, 4) is 0 Å². The van der Waals surface area contributed by atoms with Gasteiger partial charge in [-0.2, -0.15) is 5.10 Å². The van der Waals surface area contributed by atoms with Gasteiger partial charge >= 0.3 is 154 Å². The first-order valence-electron chi connectivity index (χ1n) is 2.14. The summed E-state index contributed by atoms with van der Waals surface area (Å²) in [6, 6.07) is 1.83. The van der Waals surface area contributed by atoms with E-state index in [1.807, 2.05) is 6.07 Å². The van der Waals surface area contributed by atoms with Crippen LogP contribution < -0.4 is 169 Å². The fourth-order valence-corrected chi connectivity index (χ4v) is 0.215. The Morgan fingerprint density at radius 1 is 1.08 bits per heavy atom. The van der Waals surface area contributed by atoms with Crippen LogP contribution in [0.15, 0.2) is 18.5 Å². The number of aromatic amines is 1. The van der Waals surface area contributed by atoms with Gasteiger partial charge in [0.1, 0.15) is 0 Å². The molecule has 1 rings (SSSR count). The van der Waals surface area contributed by atoms with Crippen molar-refractivity contribution < 1.29 is 169 Å². The zero-order chi connectivity index (χ0) is 7.11. The van der Waals surface area contributed by atoms with Crippen LogP contribution in [0.5, 0.6) is 0 Å². The Labute approximate surface area is 199 Å². The maximum absolute atomic E-state index is 8.42. The van der Waals surface area contributed by atoms with Gasteiger partial charge in [0.25, 0.3) is 0 Å². The van der Waals surface area contributed by atoms with Gasteiger partial charge in [-0.3, -0.25) is 12.4 Å². The monoisotopic (exact) mass is 244 g/mol. The van der Waals surface area contributed by atoms with Crippen molar-refractivity contribution in [2.45, 2.75) is 0 Å². The molecule has 0 aliphatic carbocycles. The van der Waals surface area contributed by atoms with Gasteiger partial charge in [-0.25, -0.2) is 0 Å². The van der Waals surface area contributed by atoms with Gasteiger partial charge in [-0.1, -0.05) is 0 Å². The van der Waals surface area contributed by atoms with E-state index in [0.29, 0.717) is 0 Å². The minimum Gasteiger partial charge on any atom is -0.907 e. The summed E-state index contributed by atoms with van der Waals surface area (Å²) < 4.78 is 0. The topological polar surface area (TPSA) is 97.9 Å². The molecule has 0 radical (unpaired) electrons. The van der Waals surface area contributed by atoms with Crippen molar-refractivity contribution in [2.75, 3.05) is 0 Å². The van der Waals surface area contributed by atoms with Crippen LogP contribution in [-0.4, -0.2) is 17.5 Å². The molecule has 0 fully saturated rings. The van der Waals surface area contributed by atoms with Gasteiger partial charge in [0.2, 0.25) is 0 Å². The first-order valence-corrected chi connectivity index (χ1v) is 2.14. The van der Waals surface area contributed by atoms with Crippen molar-refractivity contribution in [3.05, 3.63) is 18.5 Å². The van der Waals surface area contributed by atoms with E-state index in [0.717, 1.165) is 0 Å². The Morgan fingerprint density at radius 3 is 1.58 bits per heavy atom. The van der Waals surface area contributed by atoms with Crippen molar-refractivity contribution in [1.82, 2.24) is 10.2 Å². The molecule has 0 unspecified atom stereocenters. The summed E-state index contributed by atoms with van der Waals surface area (Å²) in [5, 5.41) is 31.5. The van der Waals surface area contributed by atoms with Crippen LogP contribution >= 0.6 is 0 Å². The Kier molecular flexibility index (Phi) is 42.7. The van der Waals surface area contributed by atoms with Gasteiger partial charge in [0.05, 0.1) is 0 Å². The molecule has 0 aliphatic rings. The summed E-state index contributed by atoms with van der Waals surface area (Å²) in [7, 11) is -2.92. The van der Waals surface area contributed by atoms with E-state index in [4.69, 9.17) is 15.1 Å². The molecule has 0 bridgehead atoms. The molecular formula is C3H4BK3N2O3. The first kappa shape index (κ1) is 25.0. The molecule has 50 valence electrons. The van der Waals surface area contributed by atoms with E-state index < -0.39 is 7.32 Å². The number of hydrogen-bond acceptors (Lipinski definition) is 4. The number of H-pyrrole nitrogens is 1. The quantitative estimate of drug-likeness (QED) is 0.458. The van der Waals surface area contributed by atoms with E-state index in [-0.39, 0.29) is 154 Å². The SMILES string of the molecule is [K+].[K+].[K+].[O-]B([O-])[O-].c1cn[nH]c1. The third-order valence-corrected chi connectivity index (χ3v) is 0.406. The molecule has 1 heterocycles. The average molecular weight is 244 g/mol. The Hall–Kier alpha value is 4.06. The normalized spacial score (nSPS) is 5.58. The summed E-state index contributed by atoms with van der Waals surface area (Å²) in [6.07, 6.45) is 3.46. The zero-order valence-electron chi connectivity index (χ0n) is 7.48. The van der Waals surface area contributed by atoms with E-state index in [1.54, 1.807) is 12.4 Å². The second kappa shape index (κ2) is 20.5. The van der Waals surface area contributed by atoms with E-state index in [2.05, 4.69) is 10.2 Å². The fraction of sp³-hybridized carbons (Fsp3) is 0.